The van der Waals surface area contributed by atoms with Crippen molar-refractivity contribution in [3.63, 3.8) is 0 Å². The zero-order valence-electron chi connectivity index (χ0n) is 23.8. The number of anilines is 1. The van der Waals surface area contributed by atoms with E-state index in [4.69, 9.17) is 0 Å². The molecule has 0 radical (unpaired) electrons. The topological polar surface area (TPSA) is 104 Å². The number of rotatable bonds is 9. The van der Waals surface area contributed by atoms with E-state index in [9.17, 15) is 18.3 Å². The summed E-state index contributed by atoms with van der Waals surface area (Å²) in [6, 6.07) is 12.8. The quantitative estimate of drug-likeness (QED) is 0.363. The van der Waals surface area contributed by atoms with Crippen LogP contribution in [0.3, 0.4) is 0 Å². The van der Waals surface area contributed by atoms with Crippen LogP contribution in [-0.4, -0.2) is 61.0 Å². The van der Waals surface area contributed by atoms with Crippen molar-refractivity contribution >= 4 is 32.5 Å². The number of aliphatic hydroxyl groups is 1. The van der Waals surface area contributed by atoms with E-state index in [0.29, 0.717) is 37.2 Å². The minimum atomic E-state index is -3.50. The molecule has 2 atom stereocenters. The molecule has 9 heteroatoms. The van der Waals surface area contributed by atoms with Gasteiger partial charge in [0.05, 0.1) is 29.1 Å². The van der Waals surface area contributed by atoms with E-state index in [1.807, 2.05) is 49.5 Å². The van der Waals surface area contributed by atoms with Crippen molar-refractivity contribution in [1.82, 2.24) is 15.2 Å². The maximum Gasteiger partial charge on any atom is 0.251 e. The zero-order chi connectivity index (χ0) is 28.5. The van der Waals surface area contributed by atoms with Crippen molar-refractivity contribution in [2.45, 2.75) is 83.0 Å². The van der Waals surface area contributed by atoms with E-state index in [-0.39, 0.29) is 17.2 Å². The Kier molecular flexibility index (Phi) is 8.27. The van der Waals surface area contributed by atoms with Gasteiger partial charge in [-0.05, 0) is 62.8 Å². The molecular weight excluding hydrogens is 524 g/mol. The van der Waals surface area contributed by atoms with Crippen LogP contribution in [0.25, 0.3) is 10.9 Å². The van der Waals surface area contributed by atoms with Gasteiger partial charge in [0.2, 0.25) is 10.0 Å². The molecule has 40 heavy (non-hydrogen) atoms. The maximum atomic E-state index is 13.8. The van der Waals surface area contributed by atoms with Crippen molar-refractivity contribution in [2.75, 3.05) is 23.7 Å². The van der Waals surface area contributed by atoms with Gasteiger partial charge in [0.1, 0.15) is 0 Å². The van der Waals surface area contributed by atoms with Gasteiger partial charge in [0.15, 0.2) is 0 Å². The Labute approximate surface area is 237 Å². The van der Waals surface area contributed by atoms with Crippen LogP contribution in [0.15, 0.2) is 48.7 Å². The molecule has 8 nitrogen and oxygen atoms in total. The number of benzene rings is 2. The smallest absolute Gasteiger partial charge is 0.251 e. The van der Waals surface area contributed by atoms with Gasteiger partial charge in [-0.25, -0.2) is 8.42 Å². The van der Waals surface area contributed by atoms with Gasteiger partial charge in [-0.2, -0.15) is 0 Å². The van der Waals surface area contributed by atoms with Crippen LogP contribution in [0.2, 0.25) is 0 Å². The van der Waals surface area contributed by atoms with Crippen molar-refractivity contribution in [1.29, 1.82) is 0 Å². The fourth-order valence-corrected chi connectivity index (χ4v) is 7.45. The average molecular weight is 567 g/mol. The van der Waals surface area contributed by atoms with Crippen molar-refractivity contribution in [3.8, 4) is 0 Å². The van der Waals surface area contributed by atoms with E-state index in [2.05, 4.69) is 22.1 Å². The van der Waals surface area contributed by atoms with Crippen LogP contribution in [0.4, 0.5) is 5.69 Å². The molecule has 1 saturated carbocycles. The van der Waals surface area contributed by atoms with Gasteiger partial charge >= 0.3 is 0 Å². The minimum Gasteiger partial charge on any atom is -0.390 e. The second-order valence-electron chi connectivity index (χ2n) is 11.7. The number of nitrogens with zero attached hydrogens (tertiary/aromatic N) is 2. The van der Waals surface area contributed by atoms with Gasteiger partial charge in [-0.1, -0.05) is 49.6 Å². The van der Waals surface area contributed by atoms with Gasteiger partial charge in [0, 0.05) is 42.8 Å². The molecule has 0 unspecified atom stereocenters. The third-order valence-electron chi connectivity index (χ3n) is 8.80. The maximum absolute atomic E-state index is 13.8. The first kappa shape index (κ1) is 28.6. The molecule has 1 amide bonds. The number of aliphatic hydroxyl groups excluding tert-OH is 1. The lowest BCUT2D eigenvalue weighted by Gasteiger charge is -2.36. The molecular formula is C31H42N4O4S. The molecule has 3 aromatic rings. The Morgan fingerprint density at radius 3 is 2.55 bits per heavy atom. The second kappa shape index (κ2) is 11.5. The largest absolute Gasteiger partial charge is 0.390 e. The number of hydrogen-bond donors (Lipinski definition) is 3. The normalized spacial score (nSPS) is 19.6. The van der Waals surface area contributed by atoms with Crippen LogP contribution >= 0.6 is 0 Å². The lowest BCUT2D eigenvalue weighted by atomic mass is 9.83. The first-order valence-corrected chi connectivity index (χ1v) is 16.1. The molecule has 1 fully saturated rings. The Morgan fingerprint density at radius 1 is 1.12 bits per heavy atom. The van der Waals surface area contributed by atoms with Gasteiger partial charge in [-0.3, -0.25) is 9.10 Å². The molecule has 216 valence electrons. The number of carbonyl (C=O) groups excluding carboxylic acids is 1. The molecule has 1 aliphatic heterocycles. The first-order valence-electron chi connectivity index (χ1n) is 14.5. The zero-order valence-corrected chi connectivity index (χ0v) is 24.6. The first-order chi connectivity index (χ1) is 19.1. The number of nitrogens with one attached hydrogen (secondary N) is 2. The van der Waals surface area contributed by atoms with Crippen molar-refractivity contribution in [3.05, 3.63) is 65.4 Å². The van der Waals surface area contributed by atoms with E-state index < -0.39 is 22.2 Å². The molecule has 2 aliphatic rings. The monoisotopic (exact) mass is 566 g/mol. The number of aromatic nitrogens is 1. The summed E-state index contributed by atoms with van der Waals surface area (Å²) in [5.41, 5.74) is 3.74. The van der Waals surface area contributed by atoms with E-state index in [0.717, 1.165) is 34.9 Å². The molecule has 0 saturated heterocycles. The highest BCUT2D eigenvalue weighted by atomic mass is 32.2. The fourth-order valence-electron chi connectivity index (χ4n) is 6.25. The van der Waals surface area contributed by atoms with Crippen LogP contribution in [0.1, 0.15) is 67.4 Å². The van der Waals surface area contributed by atoms with Crippen LogP contribution < -0.4 is 14.9 Å². The van der Waals surface area contributed by atoms with Gasteiger partial charge in [0.25, 0.3) is 5.91 Å². The highest BCUT2D eigenvalue weighted by Crippen LogP contribution is 2.37. The summed E-state index contributed by atoms with van der Waals surface area (Å²) in [5.74, 6) is -0.303. The van der Waals surface area contributed by atoms with Gasteiger partial charge < -0.3 is 20.3 Å². The van der Waals surface area contributed by atoms with E-state index in [1.54, 1.807) is 13.1 Å². The van der Waals surface area contributed by atoms with Crippen LogP contribution in [-0.2, 0) is 29.4 Å². The molecule has 1 aliphatic carbocycles. The Balaban J connectivity index is 1.44. The number of sulfonamides is 1. The third kappa shape index (κ3) is 5.92. The fraction of sp³-hybridized carbons (Fsp3) is 0.516. The number of aryl methyl sites for hydroxylation is 2. The second-order valence-corrected chi connectivity index (χ2v) is 13.8. The highest BCUT2D eigenvalue weighted by Gasteiger charge is 2.31. The SMILES string of the molecule is CCn1cc2c3c(cc(C(=O)N[C@@H](Cc4ccccc4)[C@H](O)CNC4(C)CCCCC4)cc31)N(C)S(=O)(=O)CC2. The van der Waals surface area contributed by atoms with E-state index >= 15 is 0 Å². The third-order valence-corrected chi connectivity index (χ3v) is 10.6. The molecule has 0 spiro atoms. The predicted octanol–water partition coefficient (Wildman–Crippen LogP) is 4.00. The number of carbonyl (C=O) groups is 1. The summed E-state index contributed by atoms with van der Waals surface area (Å²) < 4.78 is 29.2. The summed E-state index contributed by atoms with van der Waals surface area (Å²) in [5, 5.41) is 18.9. The summed E-state index contributed by atoms with van der Waals surface area (Å²) in [6.07, 6.45) is 7.88. The minimum absolute atomic E-state index is 0.00785. The average Bonchev–Trinajstić information content (AvgIpc) is 3.28. The Hall–Kier alpha value is -2.88. The van der Waals surface area contributed by atoms with Crippen LogP contribution in [0, 0.1) is 0 Å². The lowest BCUT2D eigenvalue weighted by molar-refractivity contribution is 0.0799. The summed E-state index contributed by atoms with van der Waals surface area (Å²) in [7, 11) is -1.94. The molecule has 1 aromatic heterocycles. The number of β-amino-alcohol motifs (C(OH)–C–C–N with tert-alkyl or cyclic N) is 1. The highest BCUT2D eigenvalue weighted by molar-refractivity contribution is 7.92. The Morgan fingerprint density at radius 2 is 1.85 bits per heavy atom. The predicted molar refractivity (Wildman–Crippen MR) is 160 cm³/mol. The lowest BCUT2D eigenvalue weighted by Crippen LogP contribution is -2.53. The molecule has 3 N–H and O–H groups in total. The number of amides is 1. The molecule has 2 aromatic carbocycles. The number of hydrogen-bond acceptors (Lipinski definition) is 5. The molecule has 5 rings (SSSR count). The summed E-state index contributed by atoms with van der Waals surface area (Å²) >= 11 is 0. The van der Waals surface area contributed by atoms with Crippen LogP contribution in [0.5, 0.6) is 0 Å². The van der Waals surface area contributed by atoms with Crippen molar-refractivity contribution in [2.24, 2.45) is 0 Å². The standard InChI is InChI=1S/C31H42N4O4S/c1-4-35-21-23-13-16-40(38,39)34(3)26-18-24(19-27(35)29(23)26)30(37)33-25(17-22-11-7-5-8-12-22)28(36)20-32-31(2)14-9-6-10-15-31/h5,7-8,11-12,18-19,21,25,28,32,36H,4,6,9-10,13-17,20H2,1-3H3,(H,33,37)/t25-,28+/m0/s1. The van der Waals surface area contributed by atoms with Crippen molar-refractivity contribution < 1.29 is 18.3 Å². The summed E-state index contributed by atoms with van der Waals surface area (Å²) in [4.78, 5) is 13.8. The van der Waals surface area contributed by atoms with Gasteiger partial charge in [-0.15, -0.1) is 0 Å². The molecule has 2 heterocycles. The molecule has 0 bridgehead atoms. The summed E-state index contributed by atoms with van der Waals surface area (Å²) in [6.45, 7) is 5.33. The Bertz CT molecular complexity index is 1460. The van der Waals surface area contributed by atoms with E-state index in [1.165, 1.54) is 23.6 Å².